The zero-order valence-electron chi connectivity index (χ0n) is 14.3. The summed E-state index contributed by atoms with van der Waals surface area (Å²) in [7, 11) is 0. The van der Waals surface area contributed by atoms with Crippen molar-refractivity contribution in [1.29, 1.82) is 0 Å². The van der Waals surface area contributed by atoms with Crippen molar-refractivity contribution < 1.29 is 13.7 Å². The topological polar surface area (TPSA) is 59.2 Å². The summed E-state index contributed by atoms with van der Waals surface area (Å²) in [5, 5.41) is 3.91. The number of amides is 1. The van der Waals surface area contributed by atoms with Gasteiger partial charge in [0.2, 0.25) is 5.91 Å². The van der Waals surface area contributed by atoms with E-state index in [0.29, 0.717) is 24.5 Å². The third-order valence-corrected chi connectivity index (χ3v) is 4.88. The lowest BCUT2D eigenvalue weighted by atomic mass is 9.88. The molecule has 3 rings (SSSR count). The van der Waals surface area contributed by atoms with E-state index >= 15 is 4.39 Å². The molecule has 6 heteroatoms. The highest BCUT2D eigenvalue weighted by Gasteiger charge is 2.39. The molecular formula is C18H22FN3O2. The Balaban J connectivity index is 1.69. The second-order valence-corrected chi connectivity index (χ2v) is 6.47. The van der Waals surface area contributed by atoms with E-state index < -0.39 is 5.67 Å². The van der Waals surface area contributed by atoms with E-state index in [1.54, 1.807) is 29.3 Å². The van der Waals surface area contributed by atoms with Crippen LogP contribution in [0.15, 0.2) is 28.9 Å². The van der Waals surface area contributed by atoms with E-state index in [0.717, 1.165) is 11.3 Å². The summed E-state index contributed by atoms with van der Waals surface area (Å²) < 4.78 is 20.3. The Hall–Kier alpha value is -2.24. The molecule has 1 aliphatic heterocycles. The maximum absolute atomic E-state index is 15.1. The average molecular weight is 331 g/mol. The third kappa shape index (κ3) is 2.92. The Labute approximate surface area is 140 Å². The summed E-state index contributed by atoms with van der Waals surface area (Å²) in [5.74, 6) is 0.323. The number of hydrogen-bond donors (Lipinski definition) is 0. The fraction of sp³-hybridized carbons (Fsp3) is 0.500. The number of carbonyl (C=O) groups is 1. The molecule has 3 heterocycles. The Kier molecular flexibility index (Phi) is 4.39. The van der Waals surface area contributed by atoms with Gasteiger partial charge < -0.3 is 9.42 Å². The molecule has 1 aliphatic rings. The summed E-state index contributed by atoms with van der Waals surface area (Å²) in [6.45, 7) is 6.27. The van der Waals surface area contributed by atoms with E-state index in [-0.39, 0.29) is 24.7 Å². The highest BCUT2D eigenvalue weighted by atomic mass is 19.1. The monoisotopic (exact) mass is 331 g/mol. The van der Waals surface area contributed by atoms with Gasteiger partial charge in [0.1, 0.15) is 5.76 Å². The van der Waals surface area contributed by atoms with Gasteiger partial charge in [0.15, 0.2) is 5.67 Å². The van der Waals surface area contributed by atoms with E-state index in [1.807, 2.05) is 20.8 Å². The summed E-state index contributed by atoms with van der Waals surface area (Å²) in [6, 6.07) is 5.28. The van der Waals surface area contributed by atoms with Gasteiger partial charge in [0, 0.05) is 37.7 Å². The number of pyridine rings is 1. The SMILES string of the molecule is Cc1noc(C)c1C(C)C(=O)N1CCC(F)(c2ccccn2)CC1. The van der Waals surface area contributed by atoms with Crippen molar-refractivity contribution in [2.24, 2.45) is 0 Å². The summed E-state index contributed by atoms with van der Waals surface area (Å²) in [5.41, 5.74) is 0.570. The number of rotatable bonds is 3. The Bertz CT molecular complexity index is 702. The molecule has 5 nitrogen and oxygen atoms in total. The highest BCUT2D eigenvalue weighted by Crippen LogP contribution is 2.36. The van der Waals surface area contributed by atoms with Crippen LogP contribution in [0.2, 0.25) is 0 Å². The Morgan fingerprint density at radius 3 is 2.58 bits per heavy atom. The van der Waals surface area contributed by atoms with Crippen molar-refractivity contribution in [3.05, 3.63) is 47.1 Å². The van der Waals surface area contributed by atoms with Crippen LogP contribution in [-0.4, -0.2) is 34.0 Å². The van der Waals surface area contributed by atoms with E-state index in [2.05, 4.69) is 10.1 Å². The fourth-order valence-electron chi connectivity index (χ4n) is 3.47. The zero-order chi connectivity index (χ0) is 17.3. The molecular weight excluding hydrogens is 309 g/mol. The molecule has 1 unspecified atom stereocenters. The van der Waals surface area contributed by atoms with Crippen LogP contribution in [0.3, 0.4) is 0 Å². The number of alkyl halides is 1. The molecule has 2 aromatic rings. The van der Waals surface area contributed by atoms with Gasteiger partial charge in [-0.05, 0) is 32.9 Å². The molecule has 24 heavy (non-hydrogen) atoms. The van der Waals surface area contributed by atoms with Crippen molar-refractivity contribution in [2.45, 2.75) is 45.2 Å². The van der Waals surface area contributed by atoms with Gasteiger partial charge in [-0.3, -0.25) is 9.78 Å². The number of aromatic nitrogens is 2. The quantitative estimate of drug-likeness (QED) is 0.866. The van der Waals surface area contributed by atoms with Crippen molar-refractivity contribution >= 4 is 5.91 Å². The molecule has 0 bridgehead atoms. The van der Waals surface area contributed by atoms with Gasteiger partial charge in [-0.15, -0.1) is 0 Å². The number of likely N-dealkylation sites (tertiary alicyclic amines) is 1. The second kappa shape index (κ2) is 6.34. The van der Waals surface area contributed by atoms with Gasteiger partial charge in [-0.2, -0.15) is 0 Å². The van der Waals surface area contributed by atoms with E-state index in [4.69, 9.17) is 4.52 Å². The standard InChI is InChI=1S/C18H22FN3O2/c1-12(16-13(2)21-24-14(16)3)17(23)22-10-7-18(19,8-11-22)15-6-4-5-9-20-15/h4-6,9,12H,7-8,10-11H2,1-3H3. The van der Waals surface area contributed by atoms with Gasteiger partial charge in [0.25, 0.3) is 0 Å². The van der Waals surface area contributed by atoms with E-state index in [9.17, 15) is 4.79 Å². The lowest BCUT2D eigenvalue weighted by Gasteiger charge is -2.37. The largest absolute Gasteiger partial charge is 0.361 e. The maximum Gasteiger partial charge on any atom is 0.230 e. The summed E-state index contributed by atoms with van der Waals surface area (Å²) in [6.07, 6.45) is 2.14. The fourth-order valence-corrected chi connectivity index (χ4v) is 3.47. The molecule has 0 saturated carbocycles. The molecule has 1 fully saturated rings. The van der Waals surface area contributed by atoms with Crippen LogP contribution in [0.5, 0.6) is 0 Å². The predicted molar refractivity (Wildman–Crippen MR) is 87.2 cm³/mol. The molecule has 2 aromatic heterocycles. The van der Waals surface area contributed by atoms with Gasteiger partial charge in [-0.1, -0.05) is 11.2 Å². The number of nitrogens with zero attached hydrogens (tertiary/aromatic N) is 3. The minimum atomic E-state index is -1.45. The molecule has 1 amide bonds. The minimum Gasteiger partial charge on any atom is -0.361 e. The Morgan fingerprint density at radius 1 is 1.33 bits per heavy atom. The lowest BCUT2D eigenvalue weighted by Crippen LogP contribution is -2.45. The van der Waals surface area contributed by atoms with Crippen LogP contribution in [-0.2, 0) is 10.5 Å². The van der Waals surface area contributed by atoms with Crippen LogP contribution in [0, 0.1) is 13.8 Å². The maximum atomic E-state index is 15.1. The molecule has 1 atom stereocenters. The van der Waals surface area contributed by atoms with Crippen LogP contribution in [0.4, 0.5) is 4.39 Å². The Morgan fingerprint density at radius 2 is 2.04 bits per heavy atom. The average Bonchev–Trinajstić information content (AvgIpc) is 2.94. The number of carbonyl (C=O) groups excluding carboxylic acids is 1. The first-order valence-electron chi connectivity index (χ1n) is 8.24. The minimum absolute atomic E-state index is 0.00697. The predicted octanol–water partition coefficient (Wildman–Crippen LogP) is 3.28. The number of halogens is 1. The zero-order valence-corrected chi connectivity index (χ0v) is 14.3. The summed E-state index contributed by atoms with van der Waals surface area (Å²) in [4.78, 5) is 18.6. The van der Waals surface area contributed by atoms with E-state index in [1.165, 1.54) is 0 Å². The number of aryl methyl sites for hydroxylation is 2. The smallest absolute Gasteiger partial charge is 0.230 e. The molecule has 1 saturated heterocycles. The van der Waals surface area contributed by atoms with Crippen molar-refractivity contribution in [3.8, 4) is 0 Å². The number of piperidine rings is 1. The molecule has 0 radical (unpaired) electrons. The molecule has 0 aliphatic carbocycles. The lowest BCUT2D eigenvalue weighted by molar-refractivity contribution is -0.135. The molecule has 0 spiro atoms. The van der Waals surface area contributed by atoms with Gasteiger partial charge in [-0.25, -0.2) is 4.39 Å². The summed E-state index contributed by atoms with van der Waals surface area (Å²) >= 11 is 0. The van der Waals surface area contributed by atoms with Crippen molar-refractivity contribution in [2.75, 3.05) is 13.1 Å². The van der Waals surface area contributed by atoms with Crippen LogP contribution < -0.4 is 0 Å². The second-order valence-electron chi connectivity index (χ2n) is 6.47. The van der Waals surface area contributed by atoms with Gasteiger partial charge in [0.05, 0.1) is 17.3 Å². The number of hydrogen-bond acceptors (Lipinski definition) is 4. The third-order valence-electron chi connectivity index (χ3n) is 4.88. The van der Waals surface area contributed by atoms with Gasteiger partial charge >= 0.3 is 0 Å². The first-order valence-corrected chi connectivity index (χ1v) is 8.24. The van der Waals surface area contributed by atoms with Crippen molar-refractivity contribution in [3.63, 3.8) is 0 Å². The molecule has 0 aromatic carbocycles. The molecule has 0 N–H and O–H groups in total. The van der Waals surface area contributed by atoms with Crippen molar-refractivity contribution in [1.82, 2.24) is 15.0 Å². The molecule has 128 valence electrons. The van der Waals surface area contributed by atoms with Crippen LogP contribution in [0.1, 0.15) is 48.4 Å². The highest BCUT2D eigenvalue weighted by molar-refractivity contribution is 5.84. The van der Waals surface area contributed by atoms with Crippen LogP contribution >= 0.6 is 0 Å². The first kappa shape index (κ1) is 16.6. The first-order chi connectivity index (χ1) is 11.4. The van der Waals surface area contributed by atoms with Crippen LogP contribution in [0.25, 0.3) is 0 Å². The normalized spacial score (nSPS) is 18.4.